The predicted octanol–water partition coefficient (Wildman–Crippen LogP) is 0.508. The number of hydrogen-bond acceptors (Lipinski definition) is 5. The highest BCUT2D eigenvalue weighted by molar-refractivity contribution is 5.06. The summed E-state index contributed by atoms with van der Waals surface area (Å²) in [6.45, 7) is 4.29. The average Bonchev–Trinajstić information content (AvgIpc) is 2.73. The number of nitrogens with two attached hydrogens (primary N) is 1. The van der Waals surface area contributed by atoms with Crippen LogP contribution in [0.1, 0.15) is 25.3 Å². The fraction of sp³-hybridized carbons (Fsp3) is 0.444. The maximum atomic E-state index is 5.89. The Balaban J connectivity index is 2.15. The summed E-state index contributed by atoms with van der Waals surface area (Å²) >= 11 is 0. The second-order valence-corrected chi connectivity index (χ2v) is 4.00. The molecule has 2 heterocycles. The Bertz CT molecular complexity index is 426. The molecule has 0 aliphatic carbocycles. The van der Waals surface area contributed by atoms with Gasteiger partial charge in [0, 0.05) is 6.07 Å². The van der Waals surface area contributed by atoms with Crippen LogP contribution in [0.15, 0.2) is 23.0 Å². The Hall–Kier alpha value is -1.69. The van der Waals surface area contributed by atoms with Crippen molar-refractivity contribution < 1.29 is 4.52 Å². The molecule has 6 heteroatoms. The molecule has 0 fully saturated rings. The highest BCUT2D eigenvalue weighted by atomic mass is 16.5. The molecule has 0 bridgehead atoms. The minimum absolute atomic E-state index is 0.473. The standard InChI is InChI=1S/C9H13N5O/c1-9(2,10)8-6-14(13-12-8)5-7-3-4-11-15-7/h3-4,6H,5,10H2,1-2H3. The first-order chi connectivity index (χ1) is 7.05. The SMILES string of the molecule is CC(C)(N)c1cn(Cc2ccno2)nn1. The normalized spacial score (nSPS) is 11.9. The van der Waals surface area contributed by atoms with E-state index >= 15 is 0 Å². The predicted molar refractivity (Wildman–Crippen MR) is 52.8 cm³/mol. The highest BCUT2D eigenvalue weighted by Gasteiger charge is 2.18. The van der Waals surface area contributed by atoms with E-state index in [1.807, 2.05) is 20.0 Å². The van der Waals surface area contributed by atoms with E-state index in [1.165, 1.54) is 0 Å². The molecule has 6 nitrogen and oxygen atoms in total. The minimum atomic E-state index is -0.473. The quantitative estimate of drug-likeness (QED) is 0.792. The highest BCUT2D eigenvalue weighted by Crippen LogP contribution is 2.12. The molecule has 0 atom stereocenters. The van der Waals surface area contributed by atoms with Crippen molar-refractivity contribution in [2.75, 3.05) is 0 Å². The van der Waals surface area contributed by atoms with E-state index in [-0.39, 0.29) is 0 Å². The third kappa shape index (κ3) is 2.21. The molecule has 0 amide bonds. The first-order valence-electron chi connectivity index (χ1n) is 4.65. The average molecular weight is 207 g/mol. The van der Waals surface area contributed by atoms with E-state index in [0.717, 1.165) is 11.5 Å². The summed E-state index contributed by atoms with van der Waals surface area (Å²) in [4.78, 5) is 0. The van der Waals surface area contributed by atoms with Gasteiger partial charge < -0.3 is 10.3 Å². The molecule has 0 spiro atoms. The van der Waals surface area contributed by atoms with Crippen LogP contribution >= 0.6 is 0 Å². The molecule has 0 aliphatic heterocycles. The molecule has 2 N–H and O–H groups in total. The zero-order chi connectivity index (χ0) is 10.9. The van der Waals surface area contributed by atoms with Crippen molar-refractivity contribution >= 4 is 0 Å². The van der Waals surface area contributed by atoms with Crippen LogP contribution in [-0.2, 0) is 12.1 Å². The van der Waals surface area contributed by atoms with Crippen LogP contribution in [0.2, 0.25) is 0 Å². The molecule has 0 aromatic carbocycles. The lowest BCUT2D eigenvalue weighted by atomic mass is 10.0. The maximum absolute atomic E-state index is 5.89. The molecular weight excluding hydrogens is 194 g/mol. The first-order valence-corrected chi connectivity index (χ1v) is 4.65. The van der Waals surface area contributed by atoms with Gasteiger partial charge in [0.1, 0.15) is 12.2 Å². The van der Waals surface area contributed by atoms with Gasteiger partial charge in [0.15, 0.2) is 5.76 Å². The topological polar surface area (TPSA) is 82.8 Å². The van der Waals surface area contributed by atoms with Gasteiger partial charge in [-0.3, -0.25) is 0 Å². The van der Waals surface area contributed by atoms with E-state index in [9.17, 15) is 0 Å². The lowest BCUT2D eigenvalue weighted by Gasteiger charge is -2.13. The van der Waals surface area contributed by atoms with Gasteiger partial charge in [0.25, 0.3) is 0 Å². The largest absolute Gasteiger partial charge is 0.359 e. The molecule has 0 aliphatic rings. The van der Waals surface area contributed by atoms with Crippen molar-refractivity contribution in [1.82, 2.24) is 20.2 Å². The van der Waals surface area contributed by atoms with Crippen molar-refractivity contribution in [3.05, 3.63) is 29.9 Å². The molecule has 2 rings (SSSR count). The summed E-state index contributed by atoms with van der Waals surface area (Å²) in [7, 11) is 0. The molecule has 2 aromatic heterocycles. The third-order valence-corrected chi connectivity index (χ3v) is 2.01. The van der Waals surface area contributed by atoms with E-state index in [0.29, 0.717) is 6.54 Å². The Morgan fingerprint density at radius 1 is 1.53 bits per heavy atom. The molecule has 15 heavy (non-hydrogen) atoms. The van der Waals surface area contributed by atoms with E-state index in [2.05, 4.69) is 15.5 Å². The van der Waals surface area contributed by atoms with Crippen molar-refractivity contribution in [1.29, 1.82) is 0 Å². The summed E-state index contributed by atoms with van der Waals surface area (Å²) in [6, 6.07) is 1.79. The van der Waals surface area contributed by atoms with Crippen LogP contribution in [-0.4, -0.2) is 20.2 Å². The number of rotatable bonds is 3. The molecule has 0 unspecified atom stereocenters. The molecule has 2 aromatic rings. The van der Waals surface area contributed by atoms with Crippen molar-refractivity contribution in [3.8, 4) is 0 Å². The summed E-state index contributed by atoms with van der Waals surface area (Å²) in [5.74, 6) is 0.737. The zero-order valence-electron chi connectivity index (χ0n) is 8.71. The van der Waals surface area contributed by atoms with Crippen LogP contribution in [0.3, 0.4) is 0 Å². The van der Waals surface area contributed by atoms with Crippen molar-refractivity contribution in [2.45, 2.75) is 25.9 Å². The number of aromatic nitrogens is 4. The Morgan fingerprint density at radius 3 is 2.87 bits per heavy atom. The second-order valence-electron chi connectivity index (χ2n) is 4.00. The van der Waals surface area contributed by atoms with Gasteiger partial charge >= 0.3 is 0 Å². The van der Waals surface area contributed by atoms with Gasteiger partial charge in [-0.15, -0.1) is 5.10 Å². The van der Waals surface area contributed by atoms with E-state index < -0.39 is 5.54 Å². The molecule has 0 radical (unpaired) electrons. The van der Waals surface area contributed by atoms with Gasteiger partial charge in [-0.1, -0.05) is 10.4 Å². The third-order valence-electron chi connectivity index (χ3n) is 2.01. The van der Waals surface area contributed by atoms with Crippen LogP contribution < -0.4 is 5.73 Å². The van der Waals surface area contributed by atoms with Gasteiger partial charge in [0.2, 0.25) is 0 Å². The van der Waals surface area contributed by atoms with Gasteiger partial charge in [-0.05, 0) is 13.8 Å². The molecular formula is C9H13N5O. The van der Waals surface area contributed by atoms with E-state index in [4.69, 9.17) is 10.3 Å². The molecule has 80 valence electrons. The summed E-state index contributed by atoms with van der Waals surface area (Å²) in [6.07, 6.45) is 3.41. The Kier molecular flexibility index (Phi) is 2.28. The van der Waals surface area contributed by atoms with Crippen LogP contribution in [0, 0.1) is 0 Å². The smallest absolute Gasteiger partial charge is 0.158 e. The number of hydrogen-bond donors (Lipinski definition) is 1. The van der Waals surface area contributed by atoms with Gasteiger partial charge in [0.05, 0.1) is 17.9 Å². The number of nitrogens with zero attached hydrogens (tertiary/aromatic N) is 4. The fourth-order valence-corrected chi connectivity index (χ4v) is 1.15. The van der Waals surface area contributed by atoms with Gasteiger partial charge in [-0.25, -0.2) is 4.68 Å². The first kappa shape index (κ1) is 9.85. The lowest BCUT2D eigenvalue weighted by Crippen LogP contribution is -2.29. The Labute approximate surface area is 87.0 Å². The van der Waals surface area contributed by atoms with Crippen molar-refractivity contribution in [3.63, 3.8) is 0 Å². The Morgan fingerprint density at radius 2 is 2.33 bits per heavy atom. The maximum Gasteiger partial charge on any atom is 0.158 e. The monoisotopic (exact) mass is 207 g/mol. The zero-order valence-corrected chi connectivity index (χ0v) is 8.71. The summed E-state index contributed by atoms with van der Waals surface area (Å²) in [5, 5.41) is 11.6. The second kappa shape index (κ2) is 3.47. The van der Waals surface area contributed by atoms with Gasteiger partial charge in [-0.2, -0.15) is 0 Å². The molecule has 0 saturated carbocycles. The molecule has 0 saturated heterocycles. The fourth-order valence-electron chi connectivity index (χ4n) is 1.15. The van der Waals surface area contributed by atoms with Crippen LogP contribution in [0.4, 0.5) is 0 Å². The van der Waals surface area contributed by atoms with Crippen LogP contribution in [0.25, 0.3) is 0 Å². The summed E-state index contributed by atoms with van der Waals surface area (Å²) < 4.78 is 6.63. The minimum Gasteiger partial charge on any atom is -0.359 e. The van der Waals surface area contributed by atoms with E-state index in [1.54, 1.807) is 16.9 Å². The van der Waals surface area contributed by atoms with Crippen LogP contribution in [0.5, 0.6) is 0 Å². The lowest BCUT2D eigenvalue weighted by molar-refractivity contribution is 0.370. The summed E-state index contributed by atoms with van der Waals surface area (Å²) in [5.41, 5.74) is 6.17. The van der Waals surface area contributed by atoms with Crippen molar-refractivity contribution in [2.24, 2.45) is 5.73 Å².